The Hall–Kier alpha value is -2.66. The van der Waals surface area contributed by atoms with Gasteiger partial charge in [0.1, 0.15) is 0 Å². The molecule has 3 aliphatic rings. The number of carbonyl (C=O) groups excluding carboxylic acids is 1. The Morgan fingerprint density at radius 2 is 2.00 bits per heavy atom. The van der Waals surface area contributed by atoms with E-state index in [0.717, 1.165) is 22.5 Å². The molecule has 4 heterocycles. The molecule has 0 atom stereocenters. The number of hydrogen-bond donors (Lipinski definition) is 0. The molecule has 164 valence electrons. The van der Waals surface area contributed by atoms with Crippen LogP contribution in [0, 0.1) is 0 Å². The monoisotopic (exact) mass is 452 g/mol. The van der Waals surface area contributed by atoms with E-state index in [2.05, 4.69) is 14.9 Å². The number of amides is 1. The number of pyridine rings is 1. The number of allylic oxidation sites excluding steroid dienone is 1. The summed E-state index contributed by atoms with van der Waals surface area (Å²) in [7, 11) is 0. The van der Waals surface area contributed by atoms with Crippen LogP contribution in [0.5, 0.6) is 0 Å². The molecule has 0 aromatic carbocycles. The van der Waals surface area contributed by atoms with E-state index in [4.69, 9.17) is 9.47 Å². The summed E-state index contributed by atoms with van der Waals surface area (Å²) in [6, 6.07) is 1.90. The Morgan fingerprint density at radius 1 is 1.23 bits per heavy atom. The van der Waals surface area contributed by atoms with Gasteiger partial charge in [-0.3, -0.25) is 4.98 Å². The van der Waals surface area contributed by atoms with Crippen LogP contribution in [0.25, 0.3) is 11.6 Å². The van der Waals surface area contributed by atoms with Crippen LogP contribution in [0.1, 0.15) is 22.0 Å². The third-order valence-corrected chi connectivity index (χ3v) is 6.44. The Kier molecular flexibility index (Phi) is 5.09. The molecule has 11 heteroatoms. The zero-order chi connectivity index (χ0) is 21.6. The zero-order valence-corrected chi connectivity index (χ0v) is 17.2. The van der Waals surface area contributed by atoms with Gasteiger partial charge in [0.25, 0.3) is 0 Å². The lowest BCUT2D eigenvalue weighted by molar-refractivity contribution is -0.137. The van der Waals surface area contributed by atoms with Crippen LogP contribution < -0.4 is 4.90 Å². The van der Waals surface area contributed by atoms with Gasteiger partial charge in [0.2, 0.25) is 0 Å². The molecular formula is C20H19F3N4O3S. The van der Waals surface area contributed by atoms with Crippen molar-refractivity contribution in [1.29, 1.82) is 0 Å². The standard InChI is InChI=1S/C20H19F3N4O3S/c21-20(22,23)18-25-16(11-31-18)12-7-14-15(8-12)24-2-1-17(14)26-3-5-27(6-4-26)19(28)30-13-9-29-10-13/h1-2,7,11,13H,3-6,8-10H2. The fraction of sp³-hybridized carbons (Fsp3) is 0.450. The molecule has 0 saturated carbocycles. The number of ether oxygens (including phenoxy) is 2. The van der Waals surface area contributed by atoms with Crippen LogP contribution in [-0.2, 0) is 22.1 Å². The largest absolute Gasteiger partial charge is 0.443 e. The number of hydrogen-bond acceptors (Lipinski definition) is 7. The lowest BCUT2D eigenvalue weighted by atomic mass is 10.1. The van der Waals surface area contributed by atoms with Crippen molar-refractivity contribution in [2.75, 3.05) is 44.3 Å². The highest BCUT2D eigenvalue weighted by molar-refractivity contribution is 7.09. The molecule has 2 fully saturated rings. The summed E-state index contributed by atoms with van der Waals surface area (Å²) in [6.45, 7) is 3.22. The molecule has 5 rings (SSSR count). The number of rotatable bonds is 3. The van der Waals surface area contributed by atoms with E-state index in [1.807, 2.05) is 12.1 Å². The molecule has 0 bridgehead atoms. The van der Waals surface area contributed by atoms with Crippen LogP contribution in [-0.4, -0.2) is 66.5 Å². The van der Waals surface area contributed by atoms with E-state index in [1.165, 1.54) is 5.38 Å². The van der Waals surface area contributed by atoms with Gasteiger partial charge < -0.3 is 19.3 Å². The van der Waals surface area contributed by atoms with Crippen molar-refractivity contribution >= 4 is 34.8 Å². The molecule has 0 radical (unpaired) electrons. The van der Waals surface area contributed by atoms with Gasteiger partial charge in [-0.1, -0.05) is 0 Å². The molecule has 2 aliphatic heterocycles. The SMILES string of the molecule is O=C(OC1COC1)N1CCN(c2ccnc3c2C=C(c2csc(C(F)(F)F)n2)C3)CC1. The molecule has 0 spiro atoms. The predicted molar refractivity (Wildman–Crippen MR) is 108 cm³/mol. The minimum absolute atomic E-state index is 0.152. The third kappa shape index (κ3) is 3.99. The van der Waals surface area contributed by atoms with Crippen LogP contribution in [0.15, 0.2) is 17.6 Å². The van der Waals surface area contributed by atoms with Gasteiger partial charge in [-0.2, -0.15) is 13.2 Å². The minimum Gasteiger partial charge on any atom is -0.441 e. The van der Waals surface area contributed by atoms with Gasteiger partial charge in [0, 0.05) is 55.4 Å². The normalized spacial score (nSPS) is 19.1. The zero-order valence-electron chi connectivity index (χ0n) is 16.4. The first-order chi connectivity index (χ1) is 14.9. The maximum atomic E-state index is 12.9. The van der Waals surface area contributed by atoms with Gasteiger partial charge in [0.05, 0.1) is 24.6 Å². The van der Waals surface area contributed by atoms with E-state index in [-0.39, 0.29) is 12.2 Å². The second-order valence-electron chi connectivity index (χ2n) is 7.59. The van der Waals surface area contributed by atoms with Gasteiger partial charge in [-0.25, -0.2) is 9.78 Å². The van der Waals surface area contributed by atoms with Gasteiger partial charge >= 0.3 is 12.3 Å². The third-order valence-electron chi connectivity index (χ3n) is 5.56. The van der Waals surface area contributed by atoms with Crippen molar-refractivity contribution in [2.45, 2.75) is 18.7 Å². The van der Waals surface area contributed by atoms with E-state index >= 15 is 0 Å². The van der Waals surface area contributed by atoms with Crippen LogP contribution in [0.3, 0.4) is 0 Å². The first-order valence-electron chi connectivity index (χ1n) is 9.88. The second kappa shape index (κ2) is 7.79. The summed E-state index contributed by atoms with van der Waals surface area (Å²) in [5.41, 5.74) is 3.76. The fourth-order valence-corrected chi connectivity index (χ4v) is 4.54. The molecule has 7 nitrogen and oxygen atoms in total. The predicted octanol–water partition coefficient (Wildman–Crippen LogP) is 3.31. The average molecular weight is 452 g/mol. The summed E-state index contributed by atoms with van der Waals surface area (Å²) < 4.78 is 49.1. The summed E-state index contributed by atoms with van der Waals surface area (Å²) in [4.78, 5) is 24.3. The summed E-state index contributed by atoms with van der Waals surface area (Å²) in [5, 5.41) is 0.599. The Morgan fingerprint density at radius 3 is 2.65 bits per heavy atom. The first-order valence-corrected chi connectivity index (χ1v) is 10.8. The number of halogens is 3. The van der Waals surface area contributed by atoms with Crippen molar-refractivity contribution in [3.63, 3.8) is 0 Å². The van der Waals surface area contributed by atoms with Crippen LogP contribution >= 0.6 is 11.3 Å². The highest BCUT2D eigenvalue weighted by Crippen LogP contribution is 2.39. The van der Waals surface area contributed by atoms with Crippen molar-refractivity contribution in [3.8, 4) is 0 Å². The number of anilines is 1. The Bertz CT molecular complexity index is 1030. The van der Waals surface area contributed by atoms with E-state index in [9.17, 15) is 18.0 Å². The lowest BCUT2D eigenvalue weighted by Crippen LogP contribution is -2.51. The maximum absolute atomic E-state index is 12.9. The number of nitrogens with zero attached hydrogens (tertiary/aromatic N) is 4. The van der Waals surface area contributed by atoms with Gasteiger partial charge in [-0.15, -0.1) is 11.3 Å². The minimum atomic E-state index is -4.44. The van der Waals surface area contributed by atoms with Crippen molar-refractivity contribution in [3.05, 3.63) is 39.6 Å². The smallest absolute Gasteiger partial charge is 0.441 e. The molecule has 2 aromatic rings. The number of carbonyl (C=O) groups is 1. The molecule has 0 N–H and O–H groups in total. The quantitative estimate of drug-likeness (QED) is 0.712. The molecular weight excluding hydrogens is 433 g/mol. The molecule has 1 amide bonds. The number of alkyl halides is 3. The summed E-state index contributed by atoms with van der Waals surface area (Å²) in [5.74, 6) is 0. The fourth-order valence-electron chi connectivity index (χ4n) is 3.83. The lowest BCUT2D eigenvalue weighted by Gasteiger charge is -2.37. The van der Waals surface area contributed by atoms with Crippen LogP contribution in [0.2, 0.25) is 0 Å². The molecule has 2 saturated heterocycles. The Labute approximate surface area is 180 Å². The molecule has 31 heavy (non-hydrogen) atoms. The number of fused-ring (bicyclic) bond motifs is 1. The number of aromatic nitrogens is 2. The van der Waals surface area contributed by atoms with E-state index in [1.54, 1.807) is 11.1 Å². The summed E-state index contributed by atoms with van der Waals surface area (Å²) >= 11 is 0.602. The number of piperazine rings is 1. The highest BCUT2D eigenvalue weighted by Gasteiger charge is 2.35. The average Bonchev–Trinajstić information content (AvgIpc) is 3.37. The second-order valence-corrected chi connectivity index (χ2v) is 8.45. The topological polar surface area (TPSA) is 67.8 Å². The van der Waals surface area contributed by atoms with E-state index < -0.39 is 11.2 Å². The van der Waals surface area contributed by atoms with Crippen LogP contribution in [0.4, 0.5) is 23.7 Å². The highest BCUT2D eigenvalue weighted by atomic mass is 32.1. The van der Waals surface area contributed by atoms with Gasteiger partial charge in [-0.05, 0) is 17.7 Å². The first kappa shape index (κ1) is 20.3. The summed E-state index contributed by atoms with van der Waals surface area (Å²) in [6.07, 6.45) is -0.876. The van der Waals surface area contributed by atoms with Crippen molar-refractivity contribution in [2.24, 2.45) is 0 Å². The van der Waals surface area contributed by atoms with Gasteiger partial charge in [0.15, 0.2) is 11.1 Å². The van der Waals surface area contributed by atoms with Crippen molar-refractivity contribution < 1.29 is 27.4 Å². The van der Waals surface area contributed by atoms with E-state index in [0.29, 0.717) is 62.8 Å². The van der Waals surface area contributed by atoms with Crippen molar-refractivity contribution in [1.82, 2.24) is 14.9 Å². The molecule has 0 unspecified atom stereocenters. The molecule has 1 aliphatic carbocycles. The number of thiazole rings is 1. The maximum Gasteiger partial charge on any atom is 0.443 e. The Balaban J connectivity index is 1.29. The molecule has 2 aromatic heterocycles.